The van der Waals surface area contributed by atoms with Crippen LogP contribution in [0.1, 0.15) is 18.1 Å². The van der Waals surface area contributed by atoms with Gasteiger partial charge in [-0.15, -0.1) is 0 Å². The number of hydrogen-bond donors (Lipinski definition) is 4. The molecule has 1 atom stereocenters. The van der Waals surface area contributed by atoms with Crippen LogP contribution in [0.4, 0.5) is 17.1 Å². The van der Waals surface area contributed by atoms with Crippen molar-refractivity contribution in [1.29, 1.82) is 0 Å². The number of nitrogens with two attached hydrogens (primary N) is 4. The second kappa shape index (κ2) is 4.82. The summed E-state index contributed by atoms with van der Waals surface area (Å²) in [4.78, 5) is 0. The molecular formula is C15H20N4. The lowest BCUT2D eigenvalue weighted by Gasteiger charge is -2.30. The zero-order chi connectivity index (χ0) is 14.0. The predicted octanol–water partition coefficient (Wildman–Crippen LogP) is 1.70. The summed E-state index contributed by atoms with van der Waals surface area (Å²) >= 11 is 0. The smallest absolute Gasteiger partial charge is 0.0550 e. The van der Waals surface area contributed by atoms with Crippen LogP contribution in [0.25, 0.3) is 0 Å². The van der Waals surface area contributed by atoms with Crippen LogP contribution in [0.3, 0.4) is 0 Å². The van der Waals surface area contributed by atoms with Gasteiger partial charge in [-0.1, -0.05) is 25.1 Å². The summed E-state index contributed by atoms with van der Waals surface area (Å²) in [6, 6.07) is 13.4. The molecule has 0 saturated carbocycles. The van der Waals surface area contributed by atoms with Gasteiger partial charge < -0.3 is 22.9 Å². The first-order valence-electron chi connectivity index (χ1n) is 6.19. The van der Waals surface area contributed by atoms with Gasteiger partial charge in [0.1, 0.15) is 0 Å². The maximum absolute atomic E-state index is 5.99. The highest BCUT2D eigenvalue weighted by molar-refractivity contribution is 5.65. The van der Waals surface area contributed by atoms with E-state index >= 15 is 0 Å². The largest absolute Gasteiger partial charge is 0.399 e. The topological polar surface area (TPSA) is 104 Å². The maximum Gasteiger partial charge on any atom is 0.0550 e. The SMILES string of the molecule is CC(CN)(c1ccc(N)cc1)c1ccc(N)c(N)c1. The van der Waals surface area contributed by atoms with Crippen molar-refractivity contribution in [2.24, 2.45) is 5.73 Å². The number of anilines is 3. The minimum Gasteiger partial charge on any atom is -0.399 e. The third-order valence-electron chi connectivity index (χ3n) is 3.68. The molecule has 4 heteroatoms. The average molecular weight is 256 g/mol. The molecule has 2 aromatic rings. The quantitative estimate of drug-likeness (QED) is 0.627. The van der Waals surface area contributed by atoms with Gasteiger partial charge in [-0.25, -0.2) is 0 Å². The zero-order valence-corrected chi connectivity index (χ0v) is 11.1. The fourth-order valence-corrected chi connectivity index (χ4v) is 2.17. The molecule has 0 radical (unpaired) electrons. The summed E-state index contributed by atoms with van der Waals surface area (Å²) in [5.74, 6) is 0. The average Bonchev–Trinajstić information content (AvgIpc) is 2.42. The van der Waals surface area contributed by atoms with Gasteiger partial charge in [0.05, 0.1) is 11.4 Å². The molecule has 0 heterocycles. The van der Waals surface area contributed by atoms with Crippen LogP contribution in [-0.4, -0.2) is 6.54 Å². The standard InChI is InChI=1S/C15H20N4/c1-15(9-16,10-2-5-12(17)6-3-10)11-4-7-13(18)14(19)8-11/h2-8H,9,16-19H2,1H3. The number of hydrogen-bond acceptors (Lipinski definition) is 4. The van der Waals surface area contributed by atoms with Gasteiger partial charge in [0, 0.05) is 17.6 Å². The molecule has 0 fully saturated rings. The minimum atomic E-state index is -0.310. The zero-order valence-electron chi connectivity index (χ0n) is 11.1. The Bertz CT molecular complexity index is 577. The van der Waals surface area contributed by atoms with E-state index < -0.39 is 0 Å². The molecule has 2 rings (SSSR count). The van der Waals surface area contributed by atoms with E-state index in [-0.39, 0.29) is 5.41 Å². The first-order chi connectivity index (χ1) is 8.97. The molecule has 19 heavy (non-hydrogen) atoms. The monoisotopic (exact) mass is 256 g/mol. The number of benzene rings is 2. The Kier molecular flexibility index (Phi) is 3.36. The molecule has 2 aromatic carbocycles. The third-order valence-corrected chi connectivity index (χ3v) is 3.68. The Morgan fingerprint density at radius 3 is 1.95 bits per heavy atom. The van der Waals surface area contributed by atoms with Gasteiger partial charge in [-0.2, -0.15) is 0 Å². The second-order valence-electron chi connectivity index (χ2n) is 5.00. The Morgan fingerprint density at radius 2 is 1.42 bits per heavy atom. The highest BCUT2D eigenvalue weighted by Gasteiger charge is 2.27. The van der Waals surface area contributed by atoms with E-state index in [1.54, 1.807) is 0 Å². The van der Waals surface area contributed by atoms with Crippen LogP contribution in [0.15, 0.2) is 42.5 Å². The molecule has 1 unspecified atom stereocenters. The molecule has 0 amide bonds. The Labute approximate surface area is 113 Å². The van der Waals surface area contributed by atoms with Crippen molar-refractivity contribution in [3.8, 4) is 0 Å². The van der Waals surface area contributed by atoms with Crippen molar-refractivity contribution in [3.63, 3.8) is 0 Å². The first kappa shape index (κ1) is 13.2. The highest BCUT2D eigenvalue weighted by atomic mass is 14.7. The predicted molar refractivity (Wildman–Crippen MR) is 81.6 cm³/mol. The lowest BCUT2D eigenvalue weighted by Crippen LogP contribution is -2.33. The van der Waals surface area contributed by atoms with E-state index in [0.29, 0.717) is 17.9 Å². The van der Waals surface area contributed by atoms with Gasteiger partial charge in [-0.05, 0) is 35.4 Å². The summed E-state index contributed by atoms with van der Waals surface area (Å²) < 4.78 is 0. The van der Waals surface area contributed by atoms with Crippen molar-refractivity contribution < 1.29 is 0 Å². The van der Waals surface area contributed by atoms with Gasteiger partial charge in [0.2, 0.25) is 0 Å². The van der Waals surface area contributed by atoms with Gasteiger partial charge in [0.25, 0.3) is 0 Å². The van der Waals surface area contributed by atoms with Gasteiger partial charge in [0.15, 0.2) is 0 Å². The van der Waals surface area contributed by atoms with E-state index in [4.69, 9.17) is 22.9 Å². The van der Waals surface area contributed by atoms with Gasteiger partial charge in [-0.3, -0.25) is 0 Å². The summed E-state index contributed by atoms with van der Waals surface area (Å²) in [6.07, 6.45) is 0. The van der Waals surface area contributed by atoms with Crippen molar-refractivity contribution in [2.45, 2.75) is 12.3 Å². The van der Waals surface area contributed by atoms with E-state index in [1.807, 2.05) is 42.5 Å². The Hall–Kier alpha value is -2.20. The molecule has 0 bridgehead atoms. The van der Waals surface area contributed by atoms with Crippen LogP contribution < -0.4 is 22.9 Å². The molecule has 0 aliphatic rings. The van der Waals surface area contributed by atoms with Crippen LogP contribution in [-0.2, 0) is 5.41 Å². The molecular weight excluding hydrogens is 236 g/mol. The summed E-state index contributed by atoms with van der Waals surface area (Å²) in [6.45, 7) is 2.56. The van der Waals surface area contributed by atoms with Crippen LogP contribution >= 0.6 is 0 Å². The van der Waals surface area contributed by atoms with Crippen molar-refractivity contribution in [3.05, 3.63) is 53.6 Å². The number of nitrogen functional groups attached to an aromatic ring is 3. The van der Waals surface area contributed by atoms with E-state index in [0.717, 1.165) is 16.8 Å². The maximum atomic E-state index is 5.99. The summed E-state index contributed by atoms with van der Waals surface area (Å²) in [5.41, 5.74) is 27.1. The third kappa shape index (κ3) is 2.35. The molecule has 0 saturated heterocycles. The number of rotatable bonds is 3. The van der Waals surface area contributed by atoms with E-state index in [9.17, 15) is 0 Å². The molecule has 0 aromatic heterocycles. The lowest BCUT2D eigenvalue weighted by molar-refractivity contribution is 0.584. The molecule has 0 spiro atoms. The fourth-order valence-electron chi connectivity index (χ4n) is 2.17. The normalized spacial score (nSPS) is 14.0. The molecule has 100 valence electrons. The minimum absolute atomic E-state index is 0.310. The van der Waals surface area contributed by atoms with E-state index in [1.165, 1.54) is 0 Å². The van der Waals surface area contributed by atoms with Crippen molar-refractivity contribution >= 4 is 17.1 Å². The lowest BCUT2D eigenvalue weighted by atomic mass is 9.76. The Balaban J connectivity index is 2.52. The van der Waals surface area contributed by atoms with Crippen LogP contribution in [0.2, 0.25) is 0 Å². The highest BCUT2D eigenvalue weighted by Crippen LogP contribution is 2.33. The van der Waals surface area contributed by atoms with Crippen LogP contribution in [0.5, 0.6) is 0 Å². The Morgan fingerprint density at radius 1 is 0.842 bits per heavy atom. The second-order valence-corrected chi connectivity index (χ2v) is 5.00. The summed E-state index contributed by atoms with van der Waals surface area (Å²) in [5, 5.41) is 0. The molecule has 8 N–H and O–H groups in total. The van der Waals surface area contributed by atoms with Crippen molar-refractivity contribution in [2.75, 3.05) is 23.7 Å². The molecule has 0 aliphatic heterocycles. The summed E-state index contributed by atoms with van der Waals surface area (Å²) in [7, 11) is 0. The molecule has 0 aliphatic carbocycles. The fraction of sp³-hybridized carbons (Fsp3) is 0.200. The first-order valence-corrected chi connectivity index (χ1v) is 6.19. The van der Waals surface area contributed by atoms with E-state index in [2.05, 4.69) is 6.92 Å². The molecule has 4 nitrogen and oxygen atoms in total. The van der Waals surface area contributed by atoms with Crippen LogP contribution in [0, 0.1) is 0 Å². The van der Waals surface area contributed by atoms with Crippen molar-refractivity contribution in [1.82, 2.24) is 0 Å². The van der Waals surface area contributed by atoms with Gasteiger partial charge >= 0.3 is 0 Å².